The van der Waals surface area contributed by atoms with Gasteiger partial charge in [0.2, 0.25) is 17.2 Å². The topological polar surface area (TPSA) is 213 Å². The number of carbonyl (C=O) groups excluding carboxylic acids is 1. The fraction of sp³-hybridized carbons (Fsp3) is 0.333. The number of likely N-dealkylation sites (N-methyl/N-ethyl adjacent to an activating group) is 1. The van der Waals surface area contributed by atoms with E-state index in [1.807, 2.05) is 0 Å². The van der Waals surface area contributed by atoms with Crippen LogP contribution in [0.4, 0.5) is 8.78 Å². The number of aliphatic hydroxyl groups is 3. The summed E-state index contributed by atoms with van der Waals surface area (Å²) in [6.07, 6.45) is -4.65. The molecule has 1 aliphatic heterocycles. The number of nitrogen functional groups attached to an aromatic ring is 1. The molecule has 2 heterocycles. The number of nitrogens with two attached hydrogens (primary N) is 1. The van der Waals surface area contributed by atoms with Crippen LogP contribution in [-0.2, 0) is 9.53 Å². The van der Waals surface area contributed by atoms with Crippen molar-refractivity contribution in [1.29, 1.82) is 5.41 Å². The van der Waals surface area contributed by atoms with Crippen LogP contribution < -0.4 is 19.9 Å². The molecule has 2 aliphatic rings. The van der Waals surface area contributed by atoms with Crippen molar-refractivity contribution in [3.63, 3.8) is 0 Å². The number of amidine groups is 2. The highest BCUT2D eigenvalue weighted by Crippen LogP contribution is 2.40. The molecule has 0 saturated heterocycles. The highest BCUT2D eigenvalue weighted by atomic mass is 19.1. The number of carbonyl (C=O) groups is 1. The lowest BCUT2D eigenvalue weighted by molar-refractivity contribution is -0.184. The Morgan fingerprint density at radius 1 is 1.09 bits per heavy atom. The molecule has 2 unspecified atom stereocenters. The van der Waals surface area contributed by atoms with Gasteiger partial charge in [-0.25, -0.2) is 14.2 Å². The number of aliphatic imine (C=N–C) groups is 1. The molecular weight excluding hydrogens is 612 g/mol. The van der Waals surface area contributed by atoms with Crippen molar-refractivity contribution in [3.05, 3.63) is 65.4 Å². The molecule has 1 aliphatic carbocycles. The summed E-state index contributed by atoms with van der Waals surface area (Å²) in [6.45, 7) is 0.915. The van der Waals surface area contributed by atoms with E-state index < -0.39 is 71.7 Å². The molecule has 2 atom stereocenters. The van der Waals surface area contributed by atoms with Crippen LogP contribution in [-0.4, -0.2) is 99.1 Å². The first-order chi connectivity index (χ1) is 21.8. The van der Waals surface area contributed by atoms with E-state index in [-0.39, 0.29) is 34.2 Å². The number of aromatic nitrogens is 1. The van der Waals surface area contributed by atoms with E-state index in [0.29, 0.717) is 25.1 Å². The van der Waals surface area contributed by atoms with Gasteiger partial charge in [0.1, 0.15) is 29.3 Å². The number of benzene rings is 2. The lowest BCUT2D eigenvalue weighted by atomic mass is 9.79. The van der Waals surface area contributed by atoms with Crippen LogP contribution in [0.2, 0.25) is 0 Å². The van der Waals surface area contributed by atoms with Crippen LogP contribution in [0.3, 0.4) is 0 Å². The van der Waals surface area contributed by atoms with Crippen molar-refractivity contribution in [2.24, 2.45) is 10.7 Å². The van der Waals surface area contributed by atoms with E-state index in [9.17, 15) is 29.6 Å². The molecule has 244 valence electrons. The lowest BCUT2D eigenvalue weighted by Gasteiger charge is -2.41. The maximum absolute atomic E-state index is 15.7. The van der Waals surface area contributed by atoms with Crippen LogP contribution in [0, 0.1) is 17.0 Å². The number of rotatable bonds is 9. The normalized spacial score (nSPS) is 22.6. The Labute approximate surface area is 260 Å². The van der Waals surface area contributed by atoms with E-state index >= 15 is 4.39 Å². The summed E-state index contributed by atoms with van der Waals surface area (Å²) in [7, 11) is 2.84. The van der Waals surface area contributed by atoms with Gasteiger partial charge in [-0.05, 0) is 36.4 Å². The van der Waals surface area contributed by atoms with Gasteiger partial charge in [-0.3, -0.25) is 10.4 Å². The Balaban J connectivity index is 1.52. The van der Waals surface area contributed by atoms with Gasteiger partial charge in [0.05, 0.1) is 37.6 Å². The third-order valence-corrected chi connectivity index (χ3v) is 7.58. The van der Waals surface area contributed by atoms with Gasteiger partial charge in [-0.2, -0.15) is 4.39 Å². The number of phenolic OH excluding ortho intramolecular Hbond substituents is 1. The van der Waals surface area contributed by atoms with Gasteiger partial charge < -0.3 is 50.0 Å². The number of aliphatic hydroxyl groups excluding tert-OH is 3. The molecule has 0 spiro atoms. The maximum atomic E-state index is 15.7. The molecule has 1 saturated carbocycles. The molecule has 1 aromatic heterocycles. The van der Waals surface area contributed by atoms with E-state index in [0.717, 1.165) is 7.11 Å². The molecule has 3 aromatic rings. The number of phenols is 1. The second-order valence-electron chi connectivity index (χ2n) is 10.8. The first kappa shape index (κ1) is 32.3. The summed E-state index contributed by atoms with van der Waals surface area (Å²) in [4.78, 5) is 22.7. The number of hydrogen-bond acceptors (Lipinski definition) is 13. The first-order valence-corrected chi connectivity index (χ1v) is 13.9. The highest BCUT2D eigenvalue weighted by molar-refractivity contribution is 6.02. The Morgan fingerprint density at radius 3 is 2.43 bits per heavy atom. The number of hydrogen-bond donors (Lipinski definition) is 6. The molecule has 0 radical (unpaired) electrons. The summed E-state index contributed by atoms with van der Waals surface area (Å²) in [5.74, 6) is -5.83. The van der Waals surface area contributed by atoms with Crippen LogP contribution in [0.15, 0.2) is 47.6 Å². The van der Waals surface area contributed by atoms with Crippen molar-refractivity contribution >= 4 is 17.6 Å². The monoisotopic (exact) mass is 643 g/mol. The van der Waals surface area contributed by atoms with E-state index in [1.54, 1.807) is 11.9 Å². The largest absolute Gasteiger partial charge is 0.504 e. The second-order valence-corrected chi connectivity index (χ2v) is 10.8. The van der Waals surface area contributed by atoms with Crippen LogP contribution in [0.5, 0.6) is 34.6 Å². The summed E-state index contributed by atoms with van der Waals surface area (Å²) < 4.78 is 52.7. The number of nitrogens with zero attached hydrogens (tertiary/aromatic N) is 3. The van der Waals surface area contributed by atoms with Crippen LogP contribution in [0.1, 0.15) is 24.0 Å². The fourth-order valence-corrected chi connectivity index (χ4v) is 5.19. The molecule has 1 fully saturated rings. The van der Waals surface area contributed by atoms with E-state index in [1.165, 1.54) is 36.4 Å². The van der Waals surface area contributed by atoms with Gasteiger partial charge >= 0.3 is 5.97 Å². The molecule has 0 amide bonds. The molecule has 7 N–H and O–H groups in total. The molecule has 16 heteroatoms. The standard InChI is InChI=1S/C30H31F2N5O9/c1-37-8-7-35-27(37)16-10-15(46-30(29(42)43-2)11-19(39)24(41)20(40)12-30)4-6-21(16)44-25-17(31)13-36-28(23(25)32)45-22-9-14(26(33)34)3-5-18(22)38/h3-6,9-10,13,19-20,24,38-41H,7-8,11-12H2,1-2H3,(H3,33,34). The van der Waals surface area contributed by atoms with Gasteiger partial charge in [0.25, 0.3) is 5.88 Å². The highest BCUT2D eigenvalue weighted by Gasteiger charge is 2.52. The minimum absolute atomic E-state index is 0.0343. The van der Waals surface area contributed by atoms with Gasteiger partial charge in [0, 0.05) is 32.0 Å². The third-order valence-electron chi connectivity index (χ3n) is 7.58. The molecular formula is C30H31F2N5O9. The predicted molar refractivity (Wildman–Crippen MR) is 157 cm³/mol. The zero-order chi connectivity index (χ0) is 33.3. The van der Waals surface area contributed by atoms with E-state index in [4.69, 9.17) is 30.1 Å². The number of ether oxygens (including phenoxy) is 4. The van der Waals surface area contributed by atoms with Crippen molar-refractivity contribution in [2.75, 3.05) is 27.2 Å². The summed E-state index contributed by atoms with van der Waals surface area (Å²) in [5.41, 5.74) is 3.98. The zero-order valence-corrected chi connectivity index (χ0v) is 24.6. The molecule has 2 aromatic carbocycles. The first-order valence-electron chi connectivity index (χ1n) is 13.9. The number of aromatic hydroxyl groups is 1. The Kier molecular flexibility index (Phi) is 8.96. The molecule has 46 heavy (non-hydrogen) atoms. The average molecular weight is 644 g/mol. The number of halogens is 2. The molecule has 14 nitrogen and oxygen atoms in total. The summed E-state index contributed by atoms with van der Waals surface area (Å²) >= 11 is 0. The van der Waals surface area contributed by atoms with Crippen molar-refractivity contribution in [2.45, 2.75) is 36.8 Å². The third kappa shape index (κ3) is 6.22. The Bertz CT molecular complexity index is 1690. The average Bonchev–Trinajstić information content (AvgIpc) is 3.45. The van der Waals surface area contributed by atoms with Gasteiger partial charge in [-0.1, -0.05) is 0 Å². The minimum atomic E-state index is -1.88. The molecule has 5 rings (SSSR count). The number of methoxy groups -OCH3 is 1. The summed E-state index contributed by atoms with van der Waals surface area (Å²) in [5, 5.41) is 48.5. The second kappa shape index (κ2) is 12.7. The fourth-order valence-electron chi connectivity index (χ4n) is 5.19. The van der Waals surface area contributed by atoms with E-state index in [2.05, 4.69) is 9.98 Å². The van der Waals surface area contributed by atoms with Crippen molar-refractivity contribution in [3.8, 4) is 34.6 Å². The van der Waals surface area contributed by atoms with Gasteiger partial charge in [-0.15, -0.1) is 0 Å². The Morgan fingerprint density at radius 2 is 1.80 bits per heavy atom. The molecule has 0 bridgehead atoms. The van der Waals surface area contributed by atoms with Crippen molar-refractivity contribution < 1.29 is 52.9 Å². The Hall–Kier alpha value is -5.06. The number of nitrogens with one attached hydrogen (secondary N) is 1. The predicted octanol–water partition coefficient (Wildman–Crippen LogP) is 1.79. The number of esters is 1. The maximum Gasteiger partial charge on any atom is 0.350 e. The lowest BCUT2D eigenvalue weighted by Crippen LogP contribution is -2.59. The summed E-state index contributed by atoms with van der Waals surface area (Å²) in [6, 6.07) is 7.77. The van der Waals surface area contributed by atoms with Crippen LogP contribution in [0.25, 0.3) is 0 Å². The zero-order valence-electron chi connectivity index (χ0n) is 24.6. The smallest absolute Gasteiger partial charge is 0.350 e. The number of pyridine rings is 1. The van der Waals surface area contributed by atoms with Crippen molar-refractivity contribution in [1.82, 2.24) is 9.88 Å². The van der Waals surface area contributed by atoms with Crippen LogP contribution >= 0.6 is 0 Å². The minimum Gasteiger partial charge on any atom is -0.504 e. The SMILES string of the molecule is COC(=O)C1(Oc2ccc(Oc3c(F)cnc(Oc4cc(C(=N)N)ccc4O)c3F)c(C3=NCCN3C)c2)CC(O)C(O)C(O)C1. The van der Waals surface area contributed by atoms with Gasteiger partial charge in [0.15, 0.2) is 17.3 Å². The quantitative estimate of drug-likeness (QED) is 0.112.